The molecule has 2 rings (SSSR count). The van der Waals surface area contributed by atoms with Gasteiger partial charge in [-0.05, 0) is 0 Å². The van der Waals surface area contributed by atoms with Crippen molar-refractivity contribution in [3.8, 4) is 0 Å². The zero-order chi connectivity index (χ0) is 42.4. The summed E-state index contributed by atoms with van der Waals surface area (Å²) in [5, 5.41) is 3.15. The minimum atomic E-state index is -0.829. The number of ether oxygens (including phenoxy) is 12. The van der Waals surface area contributed by atoms with Gasteiger partial charge in [0, 0.05) is 44.5 Å². The van der Waals surface area contributed by atoms with Crippen LogP contribution in [0.4, 0.5) is 0 Å². The van der Waals surface area contributed by atoms with Gasteiger partial charge in [-0.15, -0.1) is 5.06 Å². The van der Waals surface area contributed by atoms with Gasteiger partial charge in [-0.3, -0.25) is 28.9 Å². The van der Waals surface area contributed by atoms with E-state index in [2.05, 4.69) is 10.2 Å². The Hall–Kier alpha value is -3.52. The zero-order valence-electron chi connectivity index (χ0n) is 33.8. The van der Waals surface area contributed by atoms with Crippen molar-refractivity contribution in [3.05, 3.63) is 12.2 Å². The molecule has 2 heterocycles. The molecule has 0 aromatic carbocycles. The Morgan fingerprint density at radius 3 is 1.10 bits per heavy atom. The first-order chi connectivity index (χ1) is 28.9. The summed E-state index contributed by atoms with van der Waals surface area (Å²) in [6, 6.07) is 0. The molecule has 0 spiro atoms. The fraction of sp³-hybridized carbons (Fsp3) is 0.784. The van der Waals surface area contributed by atoms with Crippen molar-refractivity contribution in [2.45, 2.75) is 19.3 Å². The summed E-state index contributed by atoms with van der Waals surface area (Å²) in [5.74, 6) is -2.99. The maximum absolute atomic E-state index is 11.8. The third-order valence-electron chi connectivity index (χ3n) is 7.54. The van der Waals surface area contributed by atoms with E-state index < -0.39 is 36.2 Å². The quantitative estimate of drug-likeness (QED) is 0.0528. The number of hydroxylamine groups is 2. The van der Waals surface area contributed by atoms with Crippen LogP contribution in [0.25, 0.3) is 0 Å². The molecule has 0 radical (unpaired) electrons. The molecule has 0 aliphatic carbocycles. The van der Waals surface area contributed by atoms with Crippen molar-refractivity contribution in [2.24, 2.45) is 0 Å². The average molecular weight is 852 g/mol. The SMILES string of the molecule is O=C(CCN1C(=O)C=CC1=O)NCCOCCOCCOCCOCCOCCOCCOCCOCCOCCOCCOCCOCC(=O)ON1C(=O)CCC1=O. The Morgan fingerprint density at radius 2 is 0.763 bits per heavy atom. The Bertz CT molecular complexity index is 1180. The minimum Gasteiger partial charge on any atom is -0.377 e. The molecule has 0 unspecified atom stereocenters. The molecule has 2 aliphatic rings. The van der Waals surface area contributed by atoms with Crippen LogP contribution in [0.15, 0.2) is 12.2 Å². The molecule has 0 aromatic heterocycles. The molecule has 0 saturated carbocycles. The number of amides is 5. The van der Waals surface area contributed by atoms with Gasteiger partial charge in [-0.1, -0.05) is 0 Å². The van der Waals surface area contributed by atoms with Gasteiger partial charge < -0.3 is 67.0 Å². The van der Waals surface area contributed by atoms with Gasteiger partial charge in [0.2, 0.25) is 5.91 Å². The van der Waals surface area contributed by atoms with E-state index in [4.69, 9.17) is 56.8 Å². The fourth-order valence-electron chi connectivity index (χ4n) is 4.58. The number of carbonyl (C=O) groups is 6. The number of hydrogen-bond acceptors (Lipinski definition) is 19. The molecule has 1 saturated heterocycles. The second kappa shape index (κ2) is 36.3. The van der Waals surface area contributed by atoms with Crippen LogP contribution in [-0.4, -0.2) is 217 Å². The first kappa shape index (κ1) is 51.6. The number of hydrogen-bond donors (Lipinski definition) is 1. The lowest BCUT2D eigenvalue weighted by molar-refractivity contribution is -0.200. The highest BCUT2D eigenvalue weighted by Gasteiger charge is 2.32. The van der Waals surface area contributed by atoms with Crippen LogP contribution in [0.1, 0.15) is 19.3 Å². The second-order valence-electron chi connectivity index (χ2n) is 12.1. The van der Waals surface area contributed by atoms with E-state index in [0.717, 1.165) is 4.90 Å². The topological polar surface area (TPSA) is 241 Å². The van der Waals surface area contributed by atoms with E-state index >= 15 is 0 Å². The van der Waals surface area contributed by atoms with Crippen LogP contribution in [0, 0.1) is 0 Å². The third kappa shape index (κ3) is 28.6. The maximum atomic E-state index is 11.8. The van der Waals surface area contributed by atoms with Crippen molar-refractivity contribution < 1.29 is 90.4 Å². The number of imide groups is 2. The van der Waals surface area contributed by atoms with Crippen LogP contribution >= 0.6 is 0 Å². The summed E-state index contributed by atoms with van der Waals surface area (Å²) in [4.78, 5) is 74.8. The molecule has 0 atom stereocenters. The third-order valence-corrected chi connectivity index (χ3v) is 7.54. The predicted octanol–water partition coefficient (Wildman–Crippen LogP) is -1.78. The van der Waals surface area contributed by atoms with Gasteiger partial charge in [0.1, 0.15) is 6.61 Å². The van der Waals surface area contributed by atoms with E-state index in [9.17, 15) is 28.8 Å². The highest BCUT2D eigenvalue weighted by atomic mass is 16.7. The van der Waals surface area contributed by atoms with Crippen LogP contribution < -0.4 is 5.32 Å². The molecule has 1 fully saturated rings. The monoisotopic (exact) mass is 851 g/mol. The lowest BCUT2D eigenvalue weighted by Gasteiger charge is -2.13. The van der Waals surface area contributed by atoms with Gasteiger partial charge in [0.05, 0.1) is 152 Å². The van der Waals surface area contributed by atoms with Crippen LogP contribution in [0.3, 0.4) is 0 Å². The molecule has 22 heteroatoms. The van der Waals surface area contributed by atoms with Gasteiger partial charge in [0.25, 0.3) is 23.6 Å². The molecule has 59 heavy (non-hydrogen) atoms. The summed E-state index contributed by atoms with van der Waals surface area (Å²) in [6.45, 7) is 9.17. The van der Waals surface area contributed by atoms with Gasteiger partial charge in [0.15, 0.2) is 0 Å². The smallest absolute Gasteiger partial charge is 0.358 e. The van der Waals surface area contributed by atoms with E-state index in [0.29, 0.717) is 150 Å². The largest absolute Gasteiger partial charge is 0.377 e. The van der Waals surface area contributed by atoms with E-state index in [1.54, 1.807) is 0 Å². The molecule has 22 nitrogen and oxygen atoms in total. The van der Waals surface area contributed by atoms with Gasteiger partial charge >= 0.3 is 5.97 Å². The highest BCUT2D eigenvalue weighted by Crippen LogP contribution is 2.12. The first-order valence-corrected chi connectivity index (χ1v) is 19.7. The lowest BCUT2D eigenvalue weighted by Crippen LogP contribution is -2.35. The molecule has 0 aromatic rings. The van der Waals surface area contributed by atoms with Crippen LogP contribution in [0.2, 0.25) is 0 Å². The molecule has 338 valence electrons. The molecule has 0 bridgehead atoms. The summed E-state index contributed by atoms with van der Waals surface area (Å²) < 4.78 is 64.9. The fourth-order valence-corrected chi connectivity index (χ4v) is 4.58. The Labute approximate surface area is 344 Å². The molecular weight excluding hydrogens is 790 g/mol. The van der Waals surface area contributed by atoms with Gasteiger partial charge in [-0.25, -0.2) is 4.79 Å². The zero-order valence-corrected chi connectivity index (χ0v) is 33.8. The second-order valence-corrected chi connectivity index (χ2v) is 12.1. The number of nitrogens with one attached hydrogen (secondary N) is 1. The summed E-state index contributed by atoms with van der Waals surface area (Å²) in [6.07, 6.45) is 2.48. The van der Waals surface area contributed by atoms with Crippen molar-refractivity contribution in [3.63, 3.8) is 0 Å². The van der Waals surface area contributed by atoms with E-state index in [-0.39, 0.29) is 44.9 Å². The summed E-state index contributed by atoms with van der Waals surface area (Å²) >= 11 is 0. The Kier molecular flexibility index (Phi) is 31.8. The number of carbonyl (C=O) groups excluding carboxylic acids is 6. The predicted molar refractivity (Wildman–Crippen MR) is 200 cm³/mol. The Morgan fingerprint density at radius 1 is 0.458 bits per heavy atom. The van der Waals surface area contributed by atoms with Crippen LogP contribution in [0.5, 0.6) is 0 Å². The summed E-state index contributed by atoms with van der Waals surface area (Å²) in [5.41, 5.74) is 0. The molecular formula is C37H61N3O19. The van der Waals surface area contributed by atoms with E-state index in [1.165, 1.54) is 12.2 Å². The minimum absolute atomic E-state index is 0.0338. The molecule has 2 aliphatic heterocycles. The Balaban J connectivity index is 1.14. The number of rotatable bonds is 42. The first-order valence-electron chi connectivity index (χ1n) is 19.7. The highest BCUT2D eigenvalue weighted by molar-refractivity contribution is 6.13. The molecule has 5 amide bonds. The van der Waals surface area contributed by atoms with Crippen LogP contribution in [-0.2, 0) is 90.4 Å². The van der Waals surface area contributed by atoms with Crippen molar-refractivity contribution in [1.82, 2.24) is 15.3 Å². The normalized spacial score (nSPS) is 14.0. The van der Waals surface area contributed by atoms with E-state index in [1.807, 2.05) is 0 Å². The molecule has 1 N–H and O–H groups in total. The number of nitrogens with zero attached hydrogens (tertiary/aromatic N) is 2. The van der Waals surface area contributed by atoms with Crippen molar-refractivity contribution in [2.75, 3.05) is 172 Å². The van der Waals surface area contributed by atoms with Crippen molar-refractivity contribution in [1.29, 1.82) is 0 Å². The van der Waals surface area contributed by atoms with Crippen molar-refractivity contribution >= 4 is 35.5 Å². The summed E-state index contributed by atoms with van der Waals surface area (Å²) in [7, 11) is 0. The maximum Gasteiger partial charge on any atom is 0.358 e. The van der Waals surface area contributed by atoms with Gasteiger partial charge in [-0.2, -0.15) is 0 Å². The lowest BCUT2D eigenvalue weighted by atomic mass is 10.3. The standard InChI is InChI=1S/C37H61N3O19/c41-32(5-7-39-33(42)1-2-34(39)43)38-6-8-47-9-10-48-11-12-49-13-14-50-15-16-51-17-18-52-19-20-53-21-22-54-23-24-55-25-26-56-27-28-57-29-30-58-31-37(46)59-40-35(44)3-4-36(40)45/h1-2H,3-31H2,(H,38,41). The average Bonchev–Trinajstić information content (AvgIpc) is 3.72.